The van der Waals surface area contributed by atoms with E-state index in [2.05, 4.69) is 22.1 Å². The molecule has 0 saturated carbocycles. The number of carbonyl (C=O) groups is 2. The topological polar surface area (TPSA) is 124 Å². The van der Waals surface area contributed by atoms with Crippen LogP contribution in [0.5, 0.6) is 11.6 Å². The van der Waals surface area contributed by atoms with Crippen LogP contribution in [0.2, 0.25) is 0 Å². The first kappa shape index (κ1) is 27.8. The first-order valence-corrected chi connectivity index (χ1v) is 12.1. The number of benzene rings is 1. The number of amides is 3. The highest BCUT2D eigenvalue weighted by Gasteiger charge is 2.34. The van der Waals surface area contributed by atoms with E-state index >= 15 is 0 Å². The van der Waals surface area contributed by atoms with Gasteiger partial charge < -0.3 is 34.8 Å². The quantitative estimate of drug-likeness (QED) is 0.509. The molecular weight excluding hydrogens is 476 g/mol. The molecule has 198 valence electrons. The standard InChI is InChI=1S/C27H34N4O6/c1-17-14-31(18(2)16-32)26(34)23-12-20(7-6-19(3)33)13-28-25(23)37-24(17)15-30(4)27(35)29-21-8-10-22(36-5)11-9-21/h8-13,17-19,24,32-33H,14-16H2,1-5H3,(H,29,35)/t17-,18+,19+,24+/m1/s1. The van der Waals surface area contributed by atoms with Gasteiger partial charge in [0.15, 0.2) is 0 Å². The molecule has 1 aromatic heterocycles. The Morgan fingerprint density at radius 2 is 2.05 bits per heavy atom. The molecule has 0 fully saturated rings. The van der Waals surface area contributed by atoms with Crippen molar-refractivity contribution in [1.82, 2.24) is 14.8 Å². The van der Waals surface area contributed by atoms with Crippen LogP contribution in [-0.4, -0.2) is 89.0 Å². The summed E-state index contributed by atoms with van der Waals surface area (Å²) >= 11 is 0. The molecule has 0 spiro atoms. The molecule has 2 heterocycles. The third-order valence-corrected chi connectivity index (χ3v) is 6.09. The summed E-state index contributed by atoms with van der Waals surface area (Å²) in [7, 11) is 3.24. The fraction of sp³-hybridized carbons (Fsp3) is 0.444. The van der Waals surface area contributed by atoms with Crippen LogP contribution in [-0.2, 0) is 0 Å². The Labute approximate surface area is 217 Å². The highest BCUT2D eigenvalue weighted by molar-refractivity contribution is 5.97. The van der Waals surface area contributed by atoms with E-state index in [0.717, 1.165) is 0 Å². The molecule has 3 rings (SSSR count). The van der Waals surface area contributed by atoms with Gasteiger partial charge in [-0.3, -0.25) is 4.79 Å². The molecular formula is C27H34N4O6. The lowest BCUT2D eigenvalue weighted by atomic mass is 10.00. The summed E-state index contributed by atoms with van der Waals surface area (Å²) in [4.78, 5) is 33.7. The maximum absolute atomic E-state index is 13.4. The molecule has 0 aliphatic carbocycles. The van der Waals surface area contributed by atoms with Crippen molar-refractivity contribution >= 4 is 17.6 Å². The van der Waals surface area contributed by atoms with Crippen LogP contribution < -0.4 is 14.8 Å². The van der Waals surface area contributed by atoms with Crippen LogP contribution in [0, 0.1) is 17.8 Å². The number of methoxy groups -OCH3 is 1. The van der Waals surface area contributed by atoms with Gasteiger partial charge in [-0.2, -0.15) is 0 Å². The number of urea groups is 1. The largest absolute Gasteiger partial charge is 0.497 e. The third-order valence-electron chi connectivity index (χ3n) is 6.09. The zero-order valence-corrected chi connectivity index (χ0v) is 21.8. The molecule has 0 radical (unpaired) electrons. The molecule has 0 bridgehead atoms. The van der Waals surface area contributed by atoms with Crippen molar-refractivity contribution in [3.8, 4) is 23.5 Å². The average Bonchev–Trinajstić information content (AvgIpc) is 2.89. The number of carbonyl (C=O) groups excluding carboxylic acids is 2. The fourth-order valence-corrected chi connectivity index (χ4v) is 3.82. The van der Waals surface area contributed by atoms with E-state index in [9.17, 15) is 19.8 Å². The first-order chi connectivity index (χ1) is 17.6. The van der Waals surface area contributed by atoms with Gasteiger partial charge in [-0.15, -0.1) is 0 Å². The molecule has 1 aromatic carbocycles. The molecule has 37 heavy (non-hydrogen) atoms. The molecule has 0 unspecified atom stereocenters. The number of ether oxygens (including phenoxy) is 2. The van der Waals surface area contributed by atoms with Crippen LogP contribution in [0.3, 0.4) is 0 Å². The van der Waals surface area contributed by atoms with E-state index in [1.54, 1.807) is 63.2 Å². The number of aliphatic hydroxyl groups excluding tert-OH is 2. The van der Waals surface area contributed by atoms with Gasteiger partial charge >= 0.3 is 6.03 Å². The number of aromatic nitrogens is 1. The Hall–Kier alpha value is -3.81. The lowest BCUT2D eigenvalue weighted by Crippen LogP contribution is -2.50. The minimum absolute atomic E-state index is 0.128. The maximum atomic E-state index is 13.4. The number of likely N-dealkylation sites (N-methyl/N-ethyl adjacent to an activating group) is 1. The van der Waals surface area contributed by atoms with Gasteiger partial charge in [-0.05, 0) is 44.2 Å². The summed E-state index contributed by atoms with van der Waals surface area (Å²) in [5.41, 5.74) is 1.28. The predicted octanol–water partition coefficient (Wildman–Crippen LogP) is 2.21. The Bertz CT molecular complexity index is 1160. The zero-order chi connectivity index (χ0) is 27.1. The van der Waals surface area contributed by atoms with Crippen LogP contribution >= 0.6 is 0 Å². The number of fused-ring (bicyclic) bond motifs is 1. The van der Waals surface area contributed by atoms with Crippen LogP contribution in [0.4, 0.5) is 10.5 Å². The van der Waals surface area contributed by atoms with Crippen molar-refractivity contribution in [1.29, 1.82) is 0 Å². The van der Waals surface area contributed by atoms with E-state index in [0.29, 0.717) is 23.5 Å². The summed E-state index contributed by atoms with van der Waals surface area (Å²) in [6, 6.07) is 7.82. The lowest BCUT2D eigenvalue weighted by Gasteiger charge is -2.37. The van der Waals surface area contributed by atoms with E-state index < -0.39 is 18.2 Å². The molecule has 4 atom stereocenters. The summed E-state index contributed by atoms with van der Waals surface area (Å²) in [6.07, 6.45) is 0.156. The SMILES string of the molecule is COc1ccc(NC(=O)N(C)C[C@@H]2Oc3ncc(C#C[C@H](C)O)cc3C(=O)N([C@@H](C)CO)C[C@H]2C)cc1. The normalized spacial score (nSPS) is 18.7. The highest BCUT2D eigenvalue weighted by atomic mass is 16.5. The molecule has 2 aromatic rings. The van der Waals surface area contributed by atoms with Crippen molar-refractivity contribution in [2.24, 2.45) is 5.92 Å². The summed E-state index contributed by atoms with van der Waals surface area (Å²) in [5, 5.41) is 22.1. The molecule has 10 nitrogen and oxygen atoms in total. The smallest absolute Gasteiger partial charge is 0.321 e. The number of rotatable bonds is 6. The summed E-state index contributed by atoms with van der Waals surface area (Å²) < 4.78 is 11.4. The molecule has 10 heteroatoms. The summed E-state index contributed by atoms with van der Waals surface area (Å²) in [6.45, 7) is 5.56. The van der Waals surface area contributed by atoms with Gasteiger partial charge in [0.2, 0.25) is 5.88 Å². The molecule has 1 aliphatic heterocycles. The Morgan fingerprint density at radius 1 is 1.35 bits per heavy atom. The maximum Gasteiger partial charge on any atom is 0.321 e. The zero-order valence-electron chi connectivity index (χ0n) is 21.8. The lowest BCUT2D eigenvalue weighted by molar-refractivity contribution is 0.0356. The molecule has 3 amide bonds. The number of aliphatic hydroxyl groups is 2. The average molecular weight is 511 g/mol. The second-order valence-electron chi connectivity index (χ2n) is 9.18. The van der Waals surface area contributed by atoms with Crippen LogP contribution in [0.25, 0.3) is 0 Å². The summed E-state index contributed by atoms with van der Waals surface area (Å²) in [5.74, 6) is 5.74. The van der Waals surface area contributed by atoms with Gasteiger partial charge in [-0.25, -0.2) is 9.78 Å². The molecule has 0 saturated heterocycles. The number of pyridine rings is 1. The predicted molar refractivity (Wildman–Crippen MR) is 139 cm³/mol. The first-order valence-electron chi connectivity index (χ1n) is 12.1. The van der Waals surface area contributed by atoms with Crippen molar-refractivity contribution in [3.63, 3.8) is 0 Å². The Morgan fingerprint density at radius 3 is 2.68 bits per heavy atom. The van der Waals surface area contributed by atoms with Gasteiger partial charge in [0, 0.05) is 37.0 Å². The number of nitrogens with one attached hydrogen (secondary N) is 1. The third kappa shape index (κ3) is 7.12. The fourth-order valence-electron chi connectivity index (χ4n) is 3.82. The number of anilines is 1. The van der Waals surface area contributed by atoms with E-state index in [4.69, 9.17) is 9.47 Å². The molecule has 3 N–H and O–H groups in total. The Kier molecular flexibility index (Phi) is 9.33. The van der Waals surface area contributed by atoms with Crippen molar-refractivity contribution in [3.05, 3.63) is 47.7 Å². The van der Waals surface area contributed by atoms with Gasteiger partial charge in [0.25, 0.3) is 5.91 Å². The van der Waals surface area contributed by atoms with E-state index in [1.807, 2.05) is 6.92 Å². The highest BCUT2D eigenvalue weighted by Crippen LogP contribution is 2.27. The monoisotopic (exact) mass is 510 g/mol. The van der Waals surface area contributed by atoms with Gasteiger partial charge in [-0.1, -0.05) is 18.8 Å². The Balaban J connectivity index is 1.85. The second kappa shape index (κ2) is 12.4. The van der Waals surface area contributed by atoms with Crippen molar-refractivity contribution in [2.75, 3.05) is 39.2 Å². The second-order valence-corrected chi connectivity index (χ2v) is 9.18. The molecule has 1 aliphatic rings. The van der Waals surface area contributed by atoms with E-state index in [1.165, 1.54) is 11.1 Å². The van der Waals surface area contributed by atoms with Crippen LogP contribution in [0.1, 0.15) is 36.7 Å². The van der Waals surface area contributed by atoms with Crippen molar-refractivity contribution in [2.45, 2.75) is 39.0 Å². The van der Waals surface area contributed by atoms with Crippen LogP contribution in [0.15, 0.2) is 36.5 Å². The number of hydrogen-bond donors (Lipinski definition) is 3. The van der Waals surface area contributed by atoms with Gasteiger partial charge in [0.05, 0.1) is 26.3 Å². The van der Waals surface area contributed by atoms with Gasteiger partial charge in [0.1, 0.15) is 23.5 Å². The minimum Gasteiger partial charge on any atom is -0.497 e. The number of nitrogens with zero attached hydrogens (tertiary/aromatic N) is 3. The van der Waals surface area contributed by atoms with E-state index in [-0.39, 0.29) is 42.5 Å². The minimum atomic E-state index is -0.829. The van der Waals surface area contributed by atoms with Crippen molar-refractivity contribution < 1.29 is 29.3 Å². The number of hydrogen-bond acceptors (Lipinski definition) is 7.